The van der Waals surface area contributed by atoms with Gasteiger partial charge in [0.05, 0.1) is 11.1 Å². The Bertz CT molecular complexity index is 847. The maximum atomic E-state index is 12.5. The summed E-state index contributed by atoms with van der Waals surface area (Å²) < 4.78 is 42.3. The summed E-state index contributed by atoms with van der Waals surface area (Å²) in [7, 11) is 0. The van der Waals surface area contributed by atoms with Gasteiger partial charge in [-0.15, -0.1) is 0 Å². The number of alkyl halides is 3. The van der Waals surface area contributed by atoms with Gasteiger partial charge in [-0.05, 0) is 42.0 Å². The molecule has 28 heavy (non-hydrogen) atoms. The predicted molar refractivity (Wildman–Crippen MR) is 94.3 cm³/mol. The van der Waals surface area contributed by atoms with Crippen LogP contribution in [0.1, 0.15) is 28.4 Å². The third kappa shape index (κ3) is 6.42. The number of benzene rings is 2. The highest BCUT2D eigenvalue weighted by molar-refractivity contribution is 5.93. The second kappa shape index (κ2) is 9.03. The molecule has 6 nitrogen and oxygen atoms in total. The molecule has 0 saturated carbocycles. The number of carbonyl (C=O) groups excluding carboxylic acids is 3. The number of hydrogen-bond acceptors (Lipinski definition) is 4. The molecular weight excluding hydrogens is 377 g/mol. The van der Waals surface area contributed by atoms with Crippen LogP contribution in [-0.4, -0.2) is 24.4 Å². The summed E-state index contributed by atoms with van der Waals surface area (Å²) >= 11 is 0. The molecule has 0 aliphatic rings. The van der Waals surface area contributed by atoms with E-state index in [0.717, 1.165) is 12.1 Å². The molecule has 0 unspecified atom stereocenters. The summed E-state index contributed by atoms with van der Waals surface area (Å²) in [6.45, 7) is 0.818. The summed E-state index contributed by atoms with van der Waals surface area (Å²) in [6.07, 6.45) is -4.42. The highest BCUT2D eigenvalue weighted by Crippen LogP contribution is 2.29. The molecule has 0 fully saturated rings. The topological polar surface area (TPSA) is 84.5 Å². The normalized spacial score (nSPS) is 10.9. The first-order valence-electron chi connectivity index (χ1n) is 8.13. The van der Waals surface area contributed by atoms with Crippen LogP contribution in [0.3, 0.4) is 0 Å². The Morgan fingerprint density at radius 1 is 0.964 bits per heavy atom. The van der Waals surface area contributed by atoms with Crippen LogP contribution < -0.4 is 10.6 Å². The van der Waals surface area contributed by atoms with Crippen LogP contribution in [0.2, 0.25) is 0 Å². The fourth-order valence-electron chi connectivity index (χ4n) is 2.17. The Hall–Kier alpha value is -3.36. The van der Waals surface area contributed by atoms with Gasteiger partial charge < -0.3 is 15.4 Å². The van der Waals surface area contributed by atoms with Gasteiger partial charge in [0, 0.05) is 19.2 Å². The van der Waals surface area contributed by atoms with E-state index in [1.165, 1.54) is 43.3 Å². The highest BCUT2D eigenvalue weighted by atomic mass is 19.4. The first-order valence-corrected chi connectivity index (χ1v) is 8.13. The summed E-state index contributed by atoms with van der Waals surface area (Å²) in [5.74, 6) is -1.57. The molecule has 0 aliphatic carbocycles. The van der Waals surface area contributed by atoms with Crippen molar-refractivity contribution in [2.24, 2.45) is 0 Å². The van der Waals surface area contributed by atoms with Gasteiger partial charge in [-0.25, -0.2) is 4.79 Å². The molecule has 0 radical (unpaired) electrons. The molecule has 2 amide bonds. The smallest absolute Gasteiger partial charge is 0.416 e. The van der Waals surface area contributed by atoms with Gasteiger partial charge in [0.25, 0.3) is 5.91 Å². The first-order chi connectivity index (χ1) is 13.1. The van der Waals surface area contributed by atoms with Gasteiger partial charge in [-0.1, -0.05) is 12.1 Å². The zero-order valence-electron chi connectivity index (χ0n) is 14.8. The lowest BCUT2D eigenvalue weighted by atomic mass is 10.1. The number of esters is 1. The van der Waals surface area contributed by atoms with Crippen LogP contribution in [0.15, 0.2) is 48.5 Å². The zero-order chi connectivity index (χ0) is 20.7. The Morgan fingerprint density at radius 2 is 1.57 bits per heavy atom. The van der Waals surface area contributed by atoms with E-state index in [1.807, 2.05) is 0 Å². The van der Waals surface area contributed by atoms with E-state index in [0.29, 0.717) is 11.3 Å². The van der Waals surface area contributed by atoms with Crippen LogP contribution in [0.4, 0.5) is 18.9 Å². The number of carbonyl (C=O) groups is 3. The Labute approximate surface area is 158 Å². The lowest BCUT2D eigenvalue weighted by Gasteiger charge is -2.09. The molecule has 0 spiro atoms. The molecular formula is C19H17F3N2O4. The monoisotopic (exact) mass is 394 g/mol. The SMILES string of the molecule is CC(=O)Nc1ccc(C(=O)OCC(=O)NCc2ccc(C(F)(F)F)cc2)cc1. The van der Waals surface area contributed by atoms with E-state index in [2.05, 4.69) is 10.6 Å². The van der Waals surface area contributed by atoms with Gasteiger partial charge in [0.1, 0.15) is 0 Å². The van der Waals surface area contributed by atoms with Gasteiger partial charge in [0.2, 0.25) is 5.91 Å². The van der Waals surface area contributed by atoms with E-state index >= 15 is 0 Å². The largest absolute Gasteiger partial charge is 0.452 e. The van der Waals surface area contributed by atoms with Gasteiger partial charge >= 0.3 is 12.1 Å². The van der Waals surface area contributed by atoms with Gasteiger partial charge in [-0.2, -0.15) is 13.2 Å². The Morgan fingerprint density at radius 3 is 2.11 bits per heavy atom. The number of nitrogens with one attached hydrogen (secondary N) is 2. The van der Waals surface area contributed by atoms with E-state index in [4.69, 9.17) is 4.74 Å². The second-order valence-electron chi connectivity index (χ2n) is 5.81. The van der Waals surface area contributed by atoms with Crippen molar-refractivity contribution in [2.75, 3.05) is 11.9 Å². The molecule has 2 aromatic rings. The zero-order valence-corrected chi connectivity index (χ0v) is 14.8. The maximum absolute atomic E-state index is 12.5. The lowest BCUT2D eigenvalue weighted by molar-refractivity contribution is -0.137. The number of amides is 2. The van der Waals surface area contributed by atoms with Crippen molar-refractivity contribution in [2.45, 2.75) is 19.6 Å². The second-order valence-corrected chi connectivity index (χ2v) is 5.81. The average molecular weight is 394 g/mol. The first kappa shape index (κ1) is 20.9. The minimum atomic E-state index is -4.42. The van der Waals surface area contributed by atoms with Crippen LogP contribution in [0, 0.1) is 0 Å². The number of anilines is 1. The molecule has 0 aromatic heterocycles. The van der Waals surface area contributed by atoms with Crippen molar-refractivity contribution in [3.05, 3.63) is 65.2 Å². The number of rotatable bonds is 6. The van der Waals surface area contributed by atoms with Crippen molar-refractivity contribution < 1.29 is 32.3 Å². The third-order valence-corrected chi connectivity index (χ3v) is 3.55. The summed E-state index contributed by atoms with van der Waals surface area (Å²) in [5.41, 5.74) is 0.408. The number of halogens is 3. The number of ether oxygens (including phenoxy) is 1. The van der Waals surface area contributed by atoms with Crippen LogP contribution in [-0.2, 0) is 27.0 Å². The molecule has 0 saturated heterocycles. The van der Waals surface area contributed by atoms with Gasteiger partial charge in [0.15, 0.2) is 6.61 Å². The van der Waals surface area contributed by atoms with Crippen molar-refractivity contribution >= 4 is 23.5 Å². The van der Waals surface area contributed by atoms with E-state index in [9.17, 15) is 27.6 Å². The van der Waals surface area contributed by atoms with E-state index in [-0.39, 0.29) is 18.0 Å². The Balaban J connectivity index is 1.78. The average Bonchev–Trinajstić information content (AvgIpc) is 2.64. The highest BCUT2D eigenvalue weighted by Gasteiger charge is 2.29. The molecule has 0 atom stereocenters. The van der Waals surface area contributed by atoms with Crippen LogP contribution in [0.25, 0.3) is 0 Å². The van der Waals surface area contributed by atoms with Crippen molar-refractivity contribution in [1.29, 1.82) is 0 Å². The summed E-state index contributed by atoms with van der Waals surface area (Å²) in [5, 5.41) is 5.00. The van der Waals surface area contributed by atoms with E-state index in [1.54, 1.807) is 0 Å². The predicted octanol–water partition coefficient (Wildman–Crippen LogP) is 3.14. The van der Waals surface area contributed by atoms with Crippen molar-refractivity contribution in [3.8, 4) is 0 Å². The van der Waals surface area contributed by atoms with Gasteiger partial charge in [-0.3, -0.25) is 9.59 Å². The van der Waals surface area contributed by atoms with Crippen molar-refractivity contribution in [1.82, 2.24) is 5.32 Å². The van der Waals surface area contributed by atoms with E-state index < -0.39 is 30.2 Å². The van der Waals surface area contributed by atoms with Crippen LogP contribution in [0.5, 0.6) is 0 Å². The van der Waals surface area contributed by atoms with Crippen molar-refractivity contribution in [3.63, 3.8) is 0 Å². The molecule has 2 N–H and O–H groups in total. The third-order valence-electron chi connectivity index (χ3n) is 3.55. The summed E-state index contributed by atoms with van der Waals surface area (Å²) in [6, 6.07) is 10.3. The molecule has 2 aromatic carbocycles. The quantitative estimate of drug-likeness (QED) is 0.738. The Kier molecular flexibility index (Phi) is 6.75. The molecule has 0 bridgehead atoms. The molecule has 2 rings (SSSR count). The minimum absolute atomic E-state index is 0.0000658. The fraction of sp³-hybridized carbons (Fsp3) is 0.211. The lowest BCUT2D eigenvalue weighted by Crippen LogP contribution is -2.28. The molecule has 148 valence electrons. The molecule has 0 heterocycles. The fourth-order valence-corrected chi connectivity index (χ4v) is 2.17. The standard InChI is InChI=1S/C19H17F3N2O4/c1-12(25)24-16-8-4-14(5-9-16)18(27)28-11-17(26)23-10-13-2-6-15(7-3-13)19(20,21)22/h2-9H,10-11H2,1H3,(H,23,26)(H,24,25). The minimum Gasteiger partial charge on any atom is -0.452 e. The summed E-state index contributed by atoms with van der Waals surface area (Å²) in [4.78, 5) is 34.6. The molecule has 0 aliphatic heterocycles. The maximum Gasteiger partial charge on any atom is 0.416 e. The molecule has 9 heteroatoms. The number of hydrogen-bond donors (Lipinski definition) is 2. The van der Waals surface area contributed by atoms with Crippen LogP contribution >= 0.6 is 0 Å².